The number of alkyl halides is 3. The Morgan fingerprint density at radius 3 is 2.58 bits per heavy atom. The Hall–Kier alpha value is -1.81. The molecule has 19 heavy (non-hydrogen) atoms. The quantitative estimate of drug-likeness (QED) is 0.812. The second-order valence-corrected chi connectivity index (χ2v) is 4.99. The van der Waals surface area contributed by atoms with Gasteiger partial charge in [0, 0.05) is 0 Å². The Morgan fingerprint density at radius 1 is 1.37 bits per heavy atom. The number of nitrogens with one attached hydrogen (secondary N) is 1. The van der Waals surface area contributed by atoms with E-state index in [0.717, 1.165) is 4.57 Å². The highest BCUT2D eigenvalue weighted by molar-refractivity contribution is 7.71. The smallest absolute Gasteiger partial charge is 0.329 e. The van der Waals surface area contributed by atoms with Crippen molar-refractivity contribution in [3.05, 3.63) is 28.5 Å². The number of H-pyrrole nitrogens is 1. The Morgan fingerprint density at radius 2 is 2.05 bits per heavy atom. The van der Waals surface area contributed by atoms with Gasteiger partial charge in [-0.3, -0.25) is 0 Å². The number of imidazole rings is 1. The fourth-order valence-corrected chi connectivity index (χ4v) is 2.78. The molecule has 0 aliphatic heterocycles. The summed E-state index contributed by atoms with van der Waals surface area (Å²) in [6.07, 6.45) is -4.30. The molecule has 0 bridgehead atoms. The molecular weight excluding hydrogens is 275 g/mol. The molecule has 3 rings (SSSR count). The number of fused-ring (bicyclic) bond motifs is 1. The van der Waals surface area contributed by atoms with Gasteiger partial charge in [0.25, 0.3) is 0 Å². The lowest BCUT2D eigenvalue weighted by Gasteiger charge is -2.21. The Labute approximate surface area is 111 Å². The maximum atomic E-state index is 13.2. The third-order valence-corrected chi connectivity index (χ3v) is 3.80. The van der Waals surface area contributed by atoms with Crippen LogP contribution >= 0.6 is 12.2 Å². The minimum absolute atomic E-state index is 0.00697. The Balaban J connectivity index is 2.36. The highest BCUT2D eigenvalue weighted by atomic mass is 32.1. The molecule has 1 aromatic heterocycles. The molecule has 1 aliphatic rings. The molecule has 98 valence electrons. The summed E-state index contributed by atoms with van der Waals surface area (Å²) in [5.74, 6) is 0. The van der Waals surface area contributed by atoms with Crippen molar-refractivity contribution < 1.29 is 13.2 Å². The van der Waals surface area contributed by atoms with E-state index in [1.165, 1.54) is 0 Å². The van der Waals surface area contributed by atoms with Crippen molar-refractivity contribution in [2.24, 2.45) is 0 Å². The van der Waals surface area contributed by atoms with E-state index in [4.69, 9.17) is 17.5 Å². The summed E-state index contributed by atoms with van der Waals surface area (Å²) in [6.45, 7) is 0. The molecule has 1 heterocycles. The second-order valence-electron chi connectivity index (χ2n) is 4.61. The largest absolute Gasteiger partial charge is 0.412 e. The summed E-state index contributed by atoms with van der Waals surface area (Å²) in [4.78, 5) is 2.72. The molecule has 1 aliphatic carbocycles. The first-order chi connectivity index (χ1) is 8.90. The van der Waals surface area contributed by atoms with E-state index in [1.807, 2.05) is 6.07 Å². The molecule has 1 fully saturated rings. The fraction of sp³-hybridized carbons (Fsp3) is 0.333. The van der Waals surface area contributed by atoms with Gasteiger partial charge in [-0.25, -0.2) is 0 Å². The lowest BCUT2D eigenvalue weighted by atomic mass is 10.2. The van der Waals surface area contributed by atoms with Gasteiger partial charge >= 0.3 is 6.18 Å². The number of benzene rings is 1. The number of aromatic amines is 1. The van der Waals surface area contributed by atoms with Gasteiger partial charge in [-0.1, -0.05) is 6.07 Å². The van der Waals surface area contributed by atoms with Crippen LogP contribution in [0.3, 0.4) is 0 Å². The number of para-hydroxylation sites is 1. The van der Waals surface area contributed by atoms with Gasteiger partial charge in [-0.05, 0) is 37.2 Å². The Bertz CT molecular complexity index is 759. The van der Waals surface area contributed by atoms with Crippen molar-refractivity contribution in [3.63, 3.8) is 0 Å². The van der Waals surface area contributed by atoms with Crippen molar-refractivity contribution >= 4 is 23.3 Å². The standard InChI is InChI=1S/C12H8F3N3S/c13-12(14,15)11(4-5-11)18-8-3-1-2-7(6-16)9(8)17-10(18)19/h1-3H,4-5H2,(H,17,19). The summed E-state index contributed by atoms with van der Waals surface area (Å²) in [5, 5.41) is 8.98. The summed E-state index contributed by atoms with van der Waals surface area (Å²) in [5.41, 5.74) is -0.916. The van der Waals surface area contributed by atoms with Crippen LogP contribution in [-0.2, 0) is 5.54 Å². The molecule has 3 nitrogen and oxygen atoms in total. The summed E-state index contributed by atoms with van der Waals surface area (Å²) in [6, 6.07) is 6.61. The number of halogens is 3. The van der Waals surface area contributed by atoms with Gasteiger partial charge in [0.15, 0.2) is 4.77 Å². The lowest BCUT2D eigenvalue weighted by molar-refractivity contribution is -0.179. The number of aromatic nitrogens is 2. The van der Waals surface area contributed by atoms with Crippen molar-refractivity contribution in [2.45, 2.75) is 24.6 Å². The number of nitriles is 1. The zero-order chi connectivity index (χ0) is 13.8. The zero-order valence-corrected chi connectivity index (χ0v) is 10.4. The van der Waals surface area contributed by atoms with Gasteiger partial charge in [0.05, 0.1) is 16.6 Å². The molecule has 2 aromatic rings. The molecule has 0 radical (unpaired) electrons. The van der Waals surface area contributed by atoms with Crippen LogP contribution in [-0.4, -0.2) is 15.7 Å². The number of nitrogens with zero attached hydrogens (tertiary/aromatic N) is 2. The monoisotopic (exact) mass is 283 g/mol. The normalized spacial score (nSPS) is 17.4. The number of rotatable bonds is 1. The maximum Gasteiger partial charge on any atom is 0.412 e. The zero-order valence-electron chi connectivity index (χ0n) is 9.58. The summed E-state index contributed by atoms with van der Waals surface area (Å²) < 4.78 is 40.7. The molecule has 0 atom stereocenters. The van der Waals surface area contributed by atoms with Crippen molar-refractivity contribution in [1.29, 1.82) is 5.26 Å². The minimum atomic E-state index is -4.34. The highest BCUT2D eigenvalue weighted by Gasteiger charge is 2.65. The van der Waals surface area contributed by atoms with E-state index in [0.29, 0.717) is 16.6 Å². The van der Waals surface area contributed by atoms with Crippen LogP contribution in [0.2, 0.25) is 0 Å². The predicted molar refractivity (Wildman–Crippen MR) is 65.1 cm³/mol. The van der Waals surface area contributed by atoms with Crippen LogP contribution < -0.4 is 0 Å². The molecule has 1 N–H and O–H groups in total. The number of hydrogen-bond donors (Lipinski definition) is 1. The van der Waals surface area contributed by atoms with Crippen LogP contribution in [0, 0.1) is 16.1 Å². The van der Waals surface area contributed by atoms with Crippen molar-refractivity contribution in [1.82, 2.24) is 9.55 Å². The first-order valence-corrected chi connectivity index (χ1v) is 6.02. The summed E-state index contributed by atoms with van der Waals surface area (Å²) >= 11 is 5.02. The molecule has 7 heteroatoms. The third kappa shape index (κ3) is 1.53. The second kappa shape index (κ2) is 3.61. The van der Waals surface area contributed by atoms with E-state index < -0.39 is 11.7 Å². The SMILES string of the molecule is N#Cc1cccc2c1[nH]c(=S)n2C1(C(F)(F)F)CC1. The van der Waals surface area contributed by atoms with E-state index in [9.17, 15) is 13.2 Å². The van der Waals surface area contributed by atoms with E-state index >= 15 is 0 Å². The fourth-order valence-electron chi connectivity index (χ4n) is 2.40. The average Bonchev–Trinajstić information content (AvgIpc) is 3.06. The molecule has 0 saturated heterocycles. The van der Waals surface area contributed by atoms with Crippen LogP contribution in [0.1, 0.15) is 18.4 Å². The minimum Gasteiger partial charge on any atom is -0.329 e. The van der Waals surface area contributed by atoms with Crippen LogP contribution in [0.5, 0.6) is 0 Å². The lowest BCUT2D eigenvalue weighted by Crippen LogP contribution is -2.34. The van der Waals surface area contributed by atoms with Crippen LogP contribution in [0.4, 0.5) is 13.2 Å². The van der Waals surface area contributed by atoms with E-state index in [1.54, 1.807) is 18.2 Å². The molecular formula is C12H8F3N3S. The van der Waals surface area contributed by atoms with Crippen LogP contribution in [0.15, 0.2) is 18.2 Å². The molecule has 0 unspecified atom stereocenters. The average molecular weight is 283 g/mol. The first kappa shape index (κ1) is 12.2. The van der Waals surface area contributed by atoms with Gasteiger partial charge in [0.1, 0.15) is 11.6 Å². The summed E-state index contributed by atoms with van der Waals surface area (Å²) in [7, 11) is 0. The molecule has 0 spiro atoms. The van der Waals surface area contributed by atoms with E-state index in [-0.39, 0.29) is 17.6 Å². The van der Waals surface area contributed by atoms with Gasteiger partial charge in [-0.2, -0.15) is 18.4 Å². The molecule has 1 saturated carbocycles. The topological polar surface area (TPSA) is 44.5 Å². The van der Waals surface area contributed by atoms with Gasteiger partial charge < -0.3 is 9.55 Å². The predicted octanol–water partition coefficient (Wildman–Crippen LogP) is 3.62. The first-order valence-electron chi connectivity index (χ1n) is 5.62. The third-order valence-electron chi connectivity index (χ3n) is 3.52. The number of hydrogen-bond acceptors (Lipinski definition) is 2. The van der Waals surface area contributed by atoms with Crippen molar-refractivity contribution in [3.8, 4) is 6.07 Å². The van der Waals surface area contributed by atoms with Crippen molar-refractivity contribution in [2.75, 3.05) is 0 Å². The molecule has 1 aromatic carbocycles. The van der Waals surface area contributed by atoms with Gasteiger partial charge in [0.2, 0.25) is 0 Å². The highest BCUT2D eigenvalue weighted by Crippen LogP contribution is 2.56. The maximum absolute atomic E-state index is 13.2. The molecule has 0 amide bonds. The van der Waals surface area contributed by atoms with E-state index in [2.05, 4.69) is 4.98 Å². The Kier molecular flexibility index (Phi) is 2.32. The van der Waals surface area contributed by atoms with Gasteiger partial charge in [-0.15, -0.1) is 0 Å². The van der Waals surface area contributed by atoms with Crippen LogP contribution in [0.25, 0.3) is 11.0 Å².